The summed E-state index contributed by atoms with van der Waals surface area (Å²) in [4.78, 5) is 14.4. The molecular formula is C13H26ClN3O4S. The van der Waals surface area contributed by atoms with E-state index in [1.54, 1.807) is 0 Å². The first-order valence-corrected chi connectivity index (χ1v) is 9.44. The van der Waals surface area contributed by atoms with E-state index in [1.165, 1.54) is 0 Å². The fourth-order valence-electron chi connectivity index (χ4n) is 2.91. The highest BCUT2D eigenvalue weighted by atomic mass is 35.5. The first-order valence-electron chi connectivity index (χ1n) is 7.55. The number of carbonyl (C=O) groups is 1. The van der Waals surface area contributed by atoms with Crippen molar-refractivity contribution in [3.8, 4) is 0 Å². The van der Waals surface area contributed by atoms with Crippen molar-refractivity contribution in [2.45, 2.75) is 37.8 Å². The van der Waals surface area contributed by atoms with E-state index in [-0.39, 0.29) is 24.4 Å². The fraction of sp³-hybridized carbons (Fsp3) is 0.923. The van der Waals surface area contributed by atoms with Crippen molar-refractivity contribution in [1.29, 1.82) is 0 Å². The third-order valence-corrected chi connectivity index (χ3v) is 4.68. The molecule has 2 heterocycles. The summed E-state index contributed by atoms with van der Waals surface area (Å²) in [5.41, 5.74) is 0. The van der Waals surface area contributed by atoms with Crippen molar-refractivity contribution in [3.05, 3.63) is 0 Å². The molecule has 2 aliphatic heterocycles. The van der Waals surface area contributed by atoms with Crippen molar-refractivity contribution in [2.24, 2.45) is 0 Å². The van der Waals surface area contributed by atoms with E-state index in [4.69, 9.17) is 4.74 Å². The highest BCUT2D eigenvalue weighted by Gasteiger charge is 2.32. The van der Waals surface area contributed by atoms with Crippen molar-refractivity contribution in [1.82, 2.24) is 14.9 Å². The number of piperidine rings is 1. The molecule has 2 atom stereocenters. The summed E-state index contributed by atoms with van der Waals surface area (Å²) in [7, 11) is -3.17. The molecule has 0 aromatic carbocycles. The van der Waals surface area contributed by atoms with Gasteiger partial charge in [0, 0.05) is 32.2 Å². The molecule has 0 bridgehead atoms. The molecule has 130 valence electrons. The molecule has 0 aliphatic carbocycles. The molecule has 9 heteroatoms. The van der Waals surface area contributed by atoms with Crippen LogP contribution in [-0.2, 0) is 19.6 Å². The van der Waals surface area contributed by atoms with E-state index in [9.17, 15) is 13.2 Å². The number of nitrogens with one attached hydrogen (secondary N) is 2. The van der Waals surface area contributed by atoms with Gasteiger partial charge in [-0.15, -0.1) is 12.4 Å². The molecule has 2 N–H and O–H groups in total. The zero-order chi connectivity index (χ0) is 15.3. The zero-order valence-electron chi connectivity index (χ0n) is 12.9. The summed E-state index contributed by atoms with van der Waals surface area (Å²) < 4.78 is 30.3. The molecule has 0 spiro atoms. The van der Waals surface area contributed by atoms with Gasteiger partial charge >= 0.3 is 0 Å². The van der Waals surface area contributed by atoms with E-state index < -0.39 is 16.1 Å². The Balaban J connectivity index is 0.00000242. The van der Waals surface area contributed by atoms with Gasteiger partial charge < -0.3 is 15.0 Å². The zero-order valence-corrected chi connectivity index (χ0v) is 14.5. The summed E-state index contributed by atoms with van der Waals surface area (Å²) >= 11 is 0. The lowest BCUT2D eigenvalue weighted by Gasteiger charge is -2.38. The summed E-state index contributed by atoms with van der Waals surface area (Å²) in [6.07, 6.45) is 4.41. The first kappa shape index (κ1) is 19.6. The molecule has 0 radical (unpaired) electrons. The van der Waals surface area contributed by atoms with Gasteiger partial charge in [0.15, 0.2) is 0 Å². The van der Waals surface area contributed by atoms with Crippen LogP contribution < -0.4 is 10.0 Å². The summed E-state index contributed by atoms with van der Waals surface area (Å²) in [6, 6.07) is 0.103. The van der Waals surface area contributed by atoms with Crippen molar-refractivity contribution in [2.75, 3.05) is 39.0 Å². The molecule has 0 aromatic rings. The van der Waals surface area contributed by atoms with Gasteiger partial charge in [-0.1, -0.05) is 0 Å². The molecule has 2 unspecified atom stereocenters. The van der Waals surface area contributed by atoms with Crippen LogP contribution in [-0.4, -0.2) is 70.4 Å². The van der Waals surface area contributed by atoms with Gasteiger partial charge in [0.05, 0.1) is 12.9 Å². The Morgan fingerprint density at radius 1 is 1.41 bits per heavy atom. The third-order valence-electron chi connectivity index (χ3n) is 3.96. The summed E-state index contributed by atoms with van der Waals surface area (Å²) in [5.74, 6) is 0.0336. The average Bonchev–Trinajstić information content (AvgIpc) is 2.47. The normalized spacial score (nSPS) is 26.3. The Kier molecular flexibility index (Phi) is 8.06. The van der Waals surface area contributed by atoms with Crippen LogP contribution in [0.5, 0.6) is 0 Å². The molecule has 7 nitrogen and oxygen atoms in total. The maximum absolute atomic E-state index is 12.5. The van der Waals surface area contributed by atoms with Crippen molar-refractivity contribution >= 4 is 28.3 Å². The van der Waals surface area contributed by atoms with Crippen LogP contribution in [0.4, 0.5) is 0 Å². The largest absolute Gasteiger partial charge is 0.366 e. The molecule has 2 fully saturated rings. The maximum Gasteiger partial charge on any atom is 0.253 e. The standard InChI is InChI=1S/C13H25N3O4S.ClH/c1-21(18,19)15-6-5-11-4-2-3-8-16(11)13(17)12-10-14-7-9-20-12;/h11-12,14-15H,2-10H2,1H3;1H. The Morgan fingerprint density at radius 3 is 2.82 bits per heavy atom. The maximum atomic E-state index is 12.5. The number of carbonyl (C=O) groups excluding carboxylic acids is 1. The summed E-state index contributed by atoms with van der Waals surface area (Å²) in [5, 5.41) is 3.17. The molecule has 0 aromatic heterocycles. The highest BCUT2D eigenvalue weighted by Crippen LogP contribution is 2.21. The number of hydrogen-bond donors (Lipinski definition) is 2. The smallest absolute Gasteiger partial charge is 0.253 e. The number of sulfonamides is 1. The minimum Gasteiger partial charge on any atom is -0.366 e. The van der Waals surface area contributed by atoms with E-state index in [2.05, 4.69) is 10.0 Å². The molecule has 22 heavy (non-hydrogen) atoms. The minimum absolute atomic E-state index is 0. The lowest BCUT2D eigenvalue weighted by atomic mass is 9.98. The predicted octanol–water partition coefficient (Wildman–Crippen LogP) is -0.283. The molecular weight excluding hydrogens is 330 g/mol. The third kappa shape index (κ3) is 6.00. The predicted molar refractivity (Wildman–Crippen MR) is 86.7 cm³/mol. The second kappa shape index (κ2) is 9.02. The number of amides is 1. The number of nitrogens with zero attached hydrogens (tertiary/aromatic N) is 1. The Labute approximate surface area is 138 Å². The van der Waals surface area contributed by atoms with E-state index in [1.807, 2.05) is 4.90 Å². The minimum atomic E-state index is -3.17. The van der Waals surface area contributed by atoms with Crippen LogP contribution in [0.3, 0.4) is 0 Å². The number of morpholine rings is 1. The molecule has 1 amide bonds. The quantitative estimate of drug-likeness (QED) is 0.708. The fourth-order valence-corrected chi connectivity index (χ4v) is 3.40. The van der Waals surface area contributed by atoms with Crippen LogP contribution in [0.1, 0.15) is 25.7 Å². The van der Waals surface area contributed by atoms with Gasteiger partial charge in [0.1, 0.15) is 6.10 Å². The van der Waals surface area contributed by atoms with Crippen LogP contribution in [0.2, 0.25) is 0 Å². The number of halogens is 1. The second-order valence-electron chi connectivity index (χ2n) is 5.70. The molecule has 2 saturated heterocycles. The number of hydrogen-bond acceptors (Lipinski definition) is 5. The van der Waals surface area contributed by atoms with Crippen LogP contribution in [0.25, 0.3) is 0 Å². The number of likely N-dealkylation sites (tertiary alicyclic amines) is 1. The Hall–Kier alpha value is -0.410. The van der Waals surface area contributed by atoms with Gasteiger partial charge in [0.25, 0.3) is 5.91 Å². The van der Waals surface area contributed by atoms with Crippen LogP contribution in [0, 0.1) is 0 Å². The van der Waals surface area contributed by atoms with Gasteiger partial charge in [0.2, 0.25) is 10.0 Å². The van der Waals surface area contributed by atoms with Crippen molar-refractivity contribution in [3.63, 3.8) is 0 Å². The van der Waals surface area contributed by atoms with Crippen molar-refractivity contribution < 1.29 is 17.9 Å². The Morgan fingerprint density at radius 2 is 2.18 bits per heavy atom. The SMILES string of the molecule is CS(=O)(=O)NCCC1CCCCN1C(=O)C1CNCCO1.Cl. The Bertz CT molecular complexity index is 454. The van der Waals surface area contributed by atoms with E-state index in [0.717, 1.165) is 38.6 Å². The molecule has 0 saturated carbocycles. The van der Waals surface area contributed by atoms with Crippen LogP contribution >= 0.6 is 12.4 Å². The lowest BCUT2D eigenvalue weighted by molar-refractivity contribution is -0.149. The number of rotatable bonds is 5. The topological polar surface area (TPSA) is 87.7 Å². The average molecular weight is 356 g/mol. The van der Waals surface area contributed by atoms with Gasteiger partial charge in [-0.2, -0.15) is 0 Å². The van der Waals surface area contributed by atoms with E-state index in [0.29, 0.717) is 26.1 Å². The lowest BCUT2D eigenvalue weighted by Crippen LogP contribution is -2.54. The number of ether oxygens (including phenoxy) is 1. The van der Waals surface area contributed by atoms with Gasteiger partial charge in [-0.3, -0.25) is 4.79 Å². The molecule has 2 aliphatic rings. The van der Waals surface area contributed by atoms with E-state index >= 15 is 0 Å². The van der Waals surface area contributed by atoms with Gasteiger partial charge in [-0.05, 0) is 25.7 Å². The monoisotopic (exact) mass is 355 g/mol. The first-order chi connectivity index (χ1) is 9.97. The highest BCUT2D eigenvalue weighted by molar-refractivity contribution is 7.88. The summed E-state index contributed by atoms with van der Waals surface area (Å²) in [6.45, 7) is 3.01. The van der Waals surface area contributed by atoms with Gasteiger partial charge in [-0.25, -0.2) is 13.1 Å². The molecule has 2 rings (SSSR count). The van der Waals surface area contributed by atoms with Crippen LogP contribution in [0.15, 0.2) is 0 Å². The second-order valence-corrected chi connectivity index (χ2v) is 7.53.